The average Bonchev–Trinajstić information content (AvgIpc) is 2.66. The minimum Gasteiger partial charge on any atom is -0.371 e. The van der Waals surface area contributed by atoms with E-state index in [4.69, 9.17) is 0 Å². The van der Waals surface area contributed by atoms with E-state index < -0.39 is 5.82 Å². The maximum Gasteiger partial charge on any atom is 0.164 e. The van der Waals surface area contributed by atoms with Crippen molar-refractivity contribution >= 4 is 11.5 Å². The van der Waals surface area contributed by atoms with E-state index in [1.165, 1.54) is 38.7 Å². The third kappa shape index (κ3) is 3.14. The molecule has 2 rings (SSSR count). The predicted octanol–water partition coefficient (Wildman–Crippen LogP) is 4.19. The van der Waals surface area contributed by atoms with Gasteiger partial charge in [0.2, 0.25) is 0 Å². The minimum absolute atomic E-state index is 0.200. The number of carbonyl (C=O) groups is 1. The first-order valence-electron chi connectivity index (χ1n) is 7.13. The third-order valence-electron chi connectivity index (χ3n) is 4.10. The second-order valence-electron chi connectivity index (χ2n) is 5.45. The third-order valence-corrected chi connectivity index (χ3v) is 4.10. The largest absolute Gasteiger partial charge is 0.371 e. The fraction of sp³-hybridized carbons (Fsp3) is 0.562. The number of hydrogen-bond acceptors (Lipinski definition) is 2. The number of carbonyl (C=O) groups excluding carboxylic acids is 1. The van der Waals surface area contributed by atoms with Gasteiger partial charge in [-0.15, -0.1) is 0 Å². The number of halogens is 1. The first kappa shape index (κ1) is 14.0. The normalized spacial score (nSPS) is 17.0. The molecule has 0 aromatic heterocycles. The highest BCUT2D eigenvalue weighted by Crippen LogP contribution is 2.29. The van der Waals surface area contributed by atoms with Crippen LogP contribution in [0.5, 0.6) is 0 Å². The zero-order chi connectivity index (χ0) is 13.8. The van der Waals surface area contributed by atoms with E-state index in [0.29, 0.717) is 6.04 Å². The number of Topliss-reactive ketones (excluding diaryl/α,β-unsaturated/α-hetero) is 1. The second-order valence-corrected chi connectivity index (χ2v) is 5.45. The molecule has 0 radical (unpaired) electrons. The smallest absolute Gasteiger partial charge is 0.164 e. The number of nitrogens with zero attached hydrogens (tertiary/aromatic N) is 1. The Morgan fingerprint density at radius 2 is 1.84 bits per heavy atom. The van der Waals surface area contributed by atoms with E-state index in [9.17, 15) is 9.18 Å². The van der Waals surface area contributed by atoms with Gasteiger partial charge >= 0.3 is 0 Å². The molecule has 1 aromatic carbocycles. The molecule has 0 saturated heterocycles. The van der Waals surface area contributed by atoms with Gasteiger partial charge in [-0.05, 0) is 31.9 Å². The summed E-state index contributed by atoms with van der Waals surface area (Å²) in [5.74, 6) is -0.612. The van der Waals surface area contributed by atoms with Crippen LogP contribution in [0.25, 0.3) is 0 Å². The fourth-order valence-corrected chi connectivity index (χ4v) is 3.00. The van der Waals surface area contributed by atoms with Crippen LogP contribution in [0.1, 0.15) is 55.8 Å². The zero-order valence-corrected chi connectivity index (χ0v) is 11.8. The van der Waals surface area contributed by atoms with Gasteiger partial charge in [-0.2, -0.15) is 0 Å². The van der Waals surface area contributed by atoms with Gasteiger partial charge in [0, 0.05) is 13.1 Å². The molecule has 0 unspecified atom stereocenters. The Balaban J connectivity index is 2.29. The summed E-state index contributed by atoms with van der Waals surface area (Å²) >= 11 is 0. The molecule has 0 heterocycles. The van der Waals surface area contributed by atoms with Crippen LogP contribution in [-0.2, 0) is 0 Å². The van der Waals surface area contributed by atoms with Crippen molar-refractivity contribution in [1.82, 2.24) is 0 Å². The highest BCUT2D eigenvalue weighted by Gasteiger charge is 2.22. The molecule has 1 aliphatic rings. The van der Waals surface area contributed by atoms with Crippen LogP contribution >= 0.6 is 0 Å². The standard InChI is InChI=1S/C16H22FNO/c1-12(19)16-14(17)10-7-11-15(16)18(2)13-8-5-3-4-6-9-13/h7,10-11,13H,3-6,8-9H2,1-2H3. The van der Waals surface area contributed by atoms with Crippen molar-refractivity contribution in [2.75, 3.05) is 11.9 Å². The van der Waals surface area contributed by atoms with Crippen molar-refractivity contribution in [2.45, 2.75) is 51.5 Å². The van der Waals surface area contributed by atoms with Gasteiger partial charge in [0.25, 0.3) is 0 Å². The molecule has 0 spiro atoms. The topological polar surface area (TPSA) is 20.3 Å². The number of benzene rings is 1. The molecular formula is C16H22FNO. The fourth-order valence-electron chi connectivity index (χ4n) is 3.00. The van der Waals surface area contributed by atoms with E-state index in [2.05, 4.69) is 4.90 Å². The second kappa shape index (κ2) is 6.18. The molecule has 0 atom stereocenters. The van der Waals surface area contributed by atoms with E-state index in [1.54, 1.807) is 6.07 Å². The van der Waals surface area contributed by atoms with Crippen molar-refractivity contribution in [2.24, 2.45) is 0 Å². The van der Waals surface area contributed by atoms with Crippen molar-refractivity contribution in [3.05, 3.63) is 29.6 Å². The lowest BCUT2D eigenvalue weighted by Gasteiger charge is -2.30. The molecule has 104 valence electrons. The van der Waals surface area contributed by atoms with Crippen molar-refractivity contribution in [3.8, 4) is 0 Å². The molecular weight excluding hydrogens is 241 g/mol. The maximum absolute atomic E-state index is 13.9. The van der Waals surface area contributed by atoms with Crippen LogP contribution in [0, 0.1) is 5.82 Å². The summed E-state index contributed by atoms with van der Waals surface area (Å²) in [6.07, 6.45) is 7.27. The molecule has 1 aromatic rings. The lowest BCUT2D eigenvalue weighted by Crippen LogP contribution is -2.32. The molecule has 3 heteroatoms. The first-order chi connectivity index (χ1) is 9.11. The lowest BCUT2D eigenvalue weighted by molar-refractivity contribution is 0.101. The Morgan fingerprint density at radius 1 is 1.21 bits per heavy atom. The van der Waals surface area contributed by atoms with Gasteiger partial charge < -0.3 is 4.90 Å². The number of ketones is 1. The van der Waals surface area contributed by atoms with Crippen LogP contribution in [-0.4, -0.2) is 18.9 Å². The zero-order valence-electron chi connectivity index (χ0n) is 11.8. The molecule has 2 nitrogen and oxygen atoms in total. The molecule has 0 aliphatic heterocycles. The molecule has 1 aliphatic carbocycles. The Kier molecular flexibility index (Phi) is 4.56. The van der Waals surface area contributed by atoms with E-state index >= 15 is 0 Å². The molecule has 0 amide bonds. The molecule has 1 saturated carbocycles. The Hall–Kier alpha value is -1.38. The van der Waals surface area contributed by atoms with Crippen LogP contribution in [0.4, 0.5) is 10.1 Å². The highest BCUT2D eigenvalue weighted by molar-refractivity contribution is 6.00. The van der Waals surface area contributed by atoms with Crippen LogP contribution in [0.2, 0.25) is 0 Å². The summed E-state index contributed by atoms with van der Waals surface area (Å²) in [4.78, 5) is 13.8. The quantitative estimate of drug-likeness (QED) is 0.602. The van der Waals surface area contributed by atoms with Crippen molar-refractivity contribution < 1.29 is 9.18 Å². The van der Waals surface area contributed by atoms with Crippen LogP contribution in [0.15, 0.2) is 18.2 Å². The van der Waals surface area contributed by atoms with Crippen molar-refractivity contribution in [1.29, 1.82) is 0 Å². The minimum atomic E-state index is -0.412. The van der Waals surface area contributed by atoms with Gasteiger partial charge in [-0.1, -0.05) is 31.7 Å². The molecule has 19 heavy (non-hydrogen) atoms. The molecule has 0 N–H and O–H groups in total. The summed E-state index contributed by atoms with van der Waals surface area (Å²) in [5, 5.41) is 0. The van der Waals surface area contributed by atoms with Crippen LogP contribution < -0.4 is 4.90 Å². The molecule has 1 fully saturated rings. The number of hydrogen-bond donors (Lipinski definition) is 0. The number of rotatable bonds is 3. The highest BCUT2D eigenvalue weighted by atomic mass is 19.1. The van der Waals surface area contributed by atoms with Gasteiger partial charge in [0.1, 0.15) is 5.82 Å². The maximum atomic E-state index is 13.9. The summed E-state index contributed by atoms with van der Waals surface area (Å²) in [6.45, 7) is 1.43. The van der Waals surface area contributed by atoms with Gasteiger partial charge in [0.05, 0.1) is 11.3 Å². The van der Waals surface area contributed by atoms with Gasteiger partial charge in [0.15, 0.2) is 5.78 Å². The number of anilines is 1. The predicted molar refractivity (Wildman–Crippen MR) is 76.3 cm³/mol. The average molecular weight is 263 g/mol. The summed E-state index contributed by atoms with van der Waals surface area (Å²) in [6, 6.07) is 5.32. The Labute approximate surface area is 114 Å². The van der Waals surface area contributed by atoms with E-state index in [1.807, 2.05) is 13.1 Å². The summed E-state index contributed by atoms with van der Waals surface area (Å²) in [5.41, 5.74) is 0.966. The van der Waals surface area contributed by atoms with Crippen molar-refractivity contribution in [3.63, 3.8) is 0 Å². The lowest BCUT2D eigenvalue weighted by atomic mass is 10.0. The molecule has 0 bridgehead atoms. The summed E-state index contributed by atoms with van der Waals surface area (Å²) in [7, 11) is 1.98. The van der Waals surface area contributed by atoms with E-state index in [-0.39, 0.29) is 11.3 Å². The first-order valence-corrected chi connectivity index (χ1v) is 7.13. The van der Waals surface area contributed by atoms with E-state index in [0.717, 1.165) is 18.5 Å². The monoisotopic (exact) mass is 263 g/mol. The van der Waals surface area contributed by atoms with Gasteiger partial charge in [-0.25, -0.2) is 4.39 Å². The van der Waals surface area contributed by atoms with Crippen LogP contribution in [0.3, 0.4) is 0 Å². The SMILES string of the molecule is CC(=O)c1c(F)cccc1N(C)C1CCCCCC1. The van der Waals surface area contributed by atoms with Gasteiger partial charge in [-0.3, -0.25) is 4.79 Å². The Morgan fingerprint density at radius 3 is 2.42 bits per heavy atom. The Bertz CT molecular complexity index is 450. The summed E-state index contributed by atoms with van der Waals surface area (Å²) < 4.78 is 13.9.